The molecule has 1 saturated heterocycles. The third-order valence-electron chi connectivity index (χ3n) is 5.30. The second kappa shape index (κ2) is 8.47. The Bertz CT molecular complexity index is 1080. The fourth-order valence-electron chi connectivity index (χ4n) is 3.88. The van der Waals surface area contributed by atoms with E-state index >= 15 is 0 Å². The van der Waals surface area contributed by atoms with E-state index < -0.39 is 0 Å². The van der Waals surface area contributed by atoms with E-state index in [1.54, 1.807) is 17.5 Å². The first-order chi connectivity index (χ1) is 14.4. The van der Waals surface area contributed by atoms with Crippen LogP contribution < -0.4 is 5.32 Å². The molecule has 7 nitrogen and oxygen atoms in total. The third kappa shape index (κ3) is 4.48. The van der Waals surface area contributed by atoms with Gasteiger partial charge in [-0.25, -0.2) is 15.0 Å². The summed E-state index contributed by atoms with van der Waals surface area (Å²) < 4.78 is 0. The van der Waals surface area contributed by atoms with Crippen LogP contribution in [0.15, 0.2) is 23.7 Å². The lowest BCUT2D eigenvalue weighted by Gasteiger charge is -2.33. The summed E-state index contributed by atoms with van der Waals surface area (Å²) >= 11 is 1.59. The summed E-state index contributed by atoms with van der Waals surface area (Å²) in [7, 11) is 0. The van der Waals surface area contributed by atoms with E-state index in [0.717, 1.165) is 53.0 Å². The zero-order valence-corrected chi connectivity index (χ0v) is 18.6. The number of rotatable bonds is 4. The normalized spacial score (nSPS) is 16.5. The van der Waals surface area contributed by atoms with Crippen LogP contribution in [0.25, 0.3) is 0 Å². The van der Waals surface area contributed by atoms with Gasteiger partial charge in [-0.1, -0.05) is 0 Å². The Labute approximate surface area is 180 Å². The molecule has 4 heterocycles. The minimum absolute atomic E-state index is 0.00135. The second-order valence-electron chi connectivity index (χ2n) is 7.85. The fourth-order valence-corrected chi connectivity index (χ4v) is 4.59. The molecule has 1 N–H and O–H groups in total. The molecule has 156 valence electrons. The maximum Gasteiger partial charge on any atom is 0.257 e. The summed E-state index contributed by atoms with van der Waals surface area (Å²) in [5.74, 6) is 0.884. The Hall–Kier alpha value is -2.87. The number of amides is 1. The SMILES string of the molecule is Cc1cc(Nc2nc(C)cs2)cc(C2CCCN(C(=O)c3cnc(C)nc3C)C2)n1. The standard InChI is InChI=1S/C22H26N6OS/c1-13-8-18(27-22-25-14(2)12-30-22)9-20(24-13)17-6-5-7-28(11-17)21(29)19-10-23-16(4)26-15(19)3/h8-10,12,17H,5-7,11H2,1-4H3,(H,24,25,27). The van der Waals surface area contributed by atoms with Gasteiger partial charge in [0.15, 0.2) is 5.13 Å². The van der Waals surface area contributed by atoms with E-state index in [1.165, 1.54) is 0 Å². The Morgan fingerprint density at radius 3 is 2.70 bits per heavy atom. The van der Waals surface area contributed by atoms with Crippen molar-refractivity contribution in [2.45, 2.75) is 46.5 Å². The zero-order chi connectivity index (χ0) is 21.3. The number of hydrogen-bond acceptors (Lipinski definition) is 7. The topological polar surface area (TPSA) is 83.9 Å². The van der Waals surface area contributed by atoms with Gasteiger partial charge in [-0.05, 0) is 52.7 Å². The maximum absolute atomic E-state index is 13.1. The van der Waals surface area contributed by atoms with Crippen molar-refractivity contribution < 1.29 is 4.79 Å². The van der Waals surface area contributed by atoms with Crippen molar-refractivity contribution in [1.82, 2.24) is 24.8 Å². The first-order valence-electron chi connectivity index (χ1n) is 10.2. The van der Waals surface area contributed by atoms with Gasteiger partial charge >= 0.3 is 0 Å². The Kier molecular flexibility index (Phi) is 5.76. The minimum Gasteiger partial charge on any atom is -0.338 e. The number of anilines is 2. The molecule has 30 heavy (non-hydrogen) atoms. The molecule has 0 spiro atoms. The average molecular weight is 423 g/mol. The molecule has 1 fully saturated rings. The quantitative estimate of drug-likeness (QED) is 0.674. The van der Waals surface area contributed by atoms with Gasteiger partial charge in [0, 0.05) is 47.7 Å². The number of hydrogen-bond donors (Lipinski definition) is 1. The molecule has 3 aromatic rings. The highest BCUT2D eigenvalue weighted by molar-refractivity contribution is 7.13. The first-order valence-corrected chi connectivity index (χ1v) is 11.0. The Balaban J connectivity index is 1.53. The minimum atomic E-state index is 0.00135. The fraction of sp³-hybridized carbons (Fsp3) is 0.409. The maximum atomic E-state index is 13.1. The summed E-state index contributed by atoms with van der Waals surface area (Å²) in [5, 5.41) is 6.29. The summed E-state index contributed by atoms with van der Waals surface area (Å²) in [6, 6.07) is 4.11. The third-order valence-corrected chi connectivity index (χ3v) is 6.18. The molecule has 3 aromatic heterocycles. The van der Waals surface area contributed by atoms with E-state index in [1.807, 2.05) is 44.0 Å². The number of nitrogens with one attached hydrogen (secondary N) is 1. The number of thiazole rings is 1. The van der Waals surface area contributed by atoms with Crippen molar-refractivity contribution in [2.24, 2.45) is 0 Å². The Morgan fingerprint density at radius 1 is 1.13 bits per heavy atom. The molecular formula is C22H26N6OS. The van der Waals surface area contributed by atoms with Gasteiger partial charge in [-0.15, -0.1) is 11.3 Å². The smallest absolute Gasteiger partial charge is 0.257 e. The lowest BCUT2D eigenvalue weighted by atomic mass is 9.93. The number of aromatic nitrogens is 4. The van der Waals surface area contributed by atoms with E-state index in [2.05, 4.69) is 26.3 Å². The van der Waals surface area contributed by atoms with E-state index in [-0.39, 0.29) is 11.8 Å². The summed E-state index contributed by atoms with van der Waals surface area (Å²) in [4.78, 5) is 32.8. The summed E-state index contributed by atoms with van der Waals surface area (Å²) in [6.45, 7) is 9.08. The van der Waals surface area contributed by atoms with E-state index in [4.69, 9.17) is 4.98 Å². The van der Waals surface area contributed by atoms with Crippen LogP contribution in [0.2, 0.25) is 0 Å². The molecule has 0 aromatic carbocycles. The number of nitrogens with zero attached hydrogens (tertiary/aromatic N) is 5. The van der Waals surface area contributed by atoms with Crippen molar-refractivity contribution in [2.75, 3.05) is 18.4 Å². The highest BCUT2D eigenvalue weighted by atomic mass is 32.1. The molecule has 1 unspecified atom stereocenters. The van der Waals surface area contributed by atoms with Gasteiger partial charge in [0.25, 0.3) is 5.91 Å². The number of carbonyl (C=O) groups excluding carboxylic acids is 1. The molecule has 1 amide bonds. The average Bonchev–Trinajstić information content (AvgIpc) is 3.12. The molecule has 0 radical (unpaired) electrons. The number of likely N-dealkylation sites (tertiary alicyclic amines) is 1. The van der Waals surface area contributed by atoms with Crippen molar-refractivity contribution in [1.29, 1.82) is 0 Å². The molecule has 1 aliphatic heterocycles. The van der Waals surface area contributed by atoms with Crippen LogP contribution in [0, 0.1) is 27.7 Å². The van der Waals surface area contributed by atoms with E-state index in [0.29, 0.717) is 17.9 Å². The molecule has 8 heteroatoms. The molecular weight excluding hydrogens is 396 g/mol. The second-order valence-corrected chi connectivity index (χ2v) is 8.71. The van der Waals surface area contributed by atoms with Crippen LogP contribution >= 0.6 is 11.3 Å². The van der Waals surface area contributed by atoms with Gasteiger partial charge in [-0.2, -0.15) is 0 Å². The molecule has 1 aliphatic rings. The highest BCUT2D eigenvalue weighted by Gasteiger charge is 2.28. The van der Waals surface area contributed by atoms with Crippen molar-refractivity contribution in [3.8, 4) is 0 Å². The zero-order valence-electron chi connectivity index (χ0n) is 17.8. The molecule has 4 rings (SSSR count). The first kappa shape index (κ1) is 20.4. The number of pyridine rings is 1. The van der Waals surface area contributed by atoms with Crippen LogP contribution in [0.1, 0.15) is 57.7 Å². The predicted molar refractivity (Wildman–Crippen MR) is 118 cm³/mol. The number of carbonyl (C=O) groups is 1. The number of aryl methyl sites for hydroxylation is 4. The Morgan fingerprint density at radius 2 is 1.97 bits per heavy atom. The van der Waals surface area contributed by atoms with Gasteiger partial charge < -0.3 is 10.2 Å². The van der Waals surface area contributed by atoms with Gasteiger partial charge in [0.2, 0.25) is 0 Å². The van der Waals surface area contributed by atoms with Crippen LogP contribution in [0.3, 0.4) is 0 Å². The molecule has 1 atom stereocenters. The number of piperidine rings is 1. The summed E-state index contributed by atoms with van der Waals surface area (Å²) in [5.41, 5.74) is 5.27. The summed E-state index contributed by atoms with van der Waals surface area (Å²) in [6.07, 6.45) is 3.61. The lowest BCUT2D eigenvalue weighted by molar-refractivity contribution is 0.0704. The van der Waals surface area contributed by atoms with Gasteiger partial charge in [0.05, 0.1) is 17.0 Å². The van der Waals surface area contributed by atoms with Gasteiger partial charge in [0.1, 0.15) is 5.82 Å². The van der Waals surface area contributed by atoms with E-state index in [9.17, 15) is 4.79 Å². The highest BCUT2D eigenvalue weighted by Crippen LogP contribution is 2.30. The predicted octanol–water partition coefficient (Wildman–Crippen LogP) is 4.33. The van der Waals surface area contributed by atoms with Crippen molar-refractivity contribution in [3.63, 3.8) is 0 Å². The van der Waals surface area contributed by atoms with Crippen LogP contribution in [-0.2, 0) is 0 Å². The molecule has 0 bridgehead atoms. The van der Waals surface area contributed by atoms with Crippen LogP contribution in [0.5, 0.6) is 0 Å². The molecule has 0 aliphatic carbocycles. The lowest BCUT2D eigenvalue weighted by Crippen LogP contribution is -2.39. The van der Waals surface area contributed by atoms with Crippen LogP contribution in [0.4, 0.5) is 10.8 Å². The van der Waals surface area contributed by atoms with Crippen molar-refractivity contribution in [3.05, 3.63) is 57.9 Å². The monoisotopic (exact) mass is 422 g/mol. The van der Waals surface area contributed by atoms with Gasteiger partial charge in [-0.3, -0.25) is 9.78 Å². The van der Waals surface area contributed by atoms with Crippen LogP contribution in [-0.4, -0.2) is 43.8 Å². The largest absolute Gasteiger partial charge is 0.338 e. The van der Waals surface area contributed by atoms with Crippen molar-refractivity contribution >= 4 is 28.1 Å². The molecule has 0 saturated carbocycles.